The molecular weight excluding hydrogens is 346 g/mol. The summed E-state index contributed by atoms with van der Waals surface area (Å²) in [5.74, 6) is -0.801. The molecule has 1 fully saturated rings. The molecule has 0 radical (unpaired) electrons. The lowest BCUT2D eigenvalue weighted by Gasteiger charge is -2.27. The molecule has 1 unspecified atom stereocenters. The number of unbranched alkanes of at least 4 members (excludes halogenated alkanes) is 1. The SMILES string of the molecule is CC(C)(C)C(=O)C(=O)N1CCCC1C(=S)OCCCCc1ccccc1. The average molecular weight is 376 g/mol. The number of ether oxygens (including phenoxy) is 1. The van der Waals surface area contributed by atoms with Crippen molar-refractivity contribution in [1.82, 2.24) is 4.90 Å². The lowest BCUT2D eigenvalue weighted by atomic mass is 9.90. The van der Waals surface area contributed by atoms with E-state index in [2.05, 4.69) is 12.1 Å². The van der Waals surface area contributed by atoms with E-state index in [1.54, 1.807) is 25.7 Å². The lowest BCUT2D eigenvalue weighted by molar-refractivity contribution is -0.148. The van der Waals surface area contributed by atoms with E-state index in [0.717, 1.165) is 32.1 Å². The van der Waals surface area contributed by atoms with Gasteiger partial charge in [-0.1, -0.05) is 51.1 Å². The zero-order valence-electron chi connectivity index (χ0n) is 16.0. The summed E-state index contributed by atoms with van der Waals surface area (Å²) in [6, 6.07) is 10.1. The van der Waals surface area contributed by atoms with Gasteiger partial charge in [0.1, 0.15) is 6.04 Å². The Morgan fingerprint density at radius 3 is 2.54 bits per heavy atom. The van der Waals surface area contributed by atoms with E-state index < -0.39 is 11.3 Å². The molecule has 0 N–H and O–H groups in total. The van der Waals surface area contributed by atoms with Gasteiger partial charge in [0.15, 0.2) is 5.05 Å². The molecule has 1 saturated heterocycles. The van der Waals surface area contributed by atoms with Gasteiger partial charge in [0, 0.05) is 12.0 Å². The topological polar surface area (TPSA) is 46.6 Å². The third kappa shape index (κ3) is 5.63. The molecule has 1 atom stereocenters. The number of amides is 1. The van der Waals surface area contributed by atoms with Crippen molar-refractivity contribution >= 4 is 29.0 Å². The number of benzene rings is 1. The summed E-state index contributed by atoms with van der Waals surface area (Å²) in [5.41, 5.74) is 0.646. The maximum Gasteiger partial charge on any atom is 0.291 e. The van der Waals surface area contributed by atoms with Crippen LogP contribution < -0.4 is 0 Å². The van der Waals surface area contributed by atoms with E-state index in [4.69, 9.17) is 17.0 Å². The Bertz CT molecular complexity index is 636. The van der Waals surface area contributed by atoms with Gasteiger partial charge in [0.05, 0.1) is 6.61 Å². The second-order valence-corrected chi connectivity index (χ2v) is 8.25. The highest BCUT2D eigenvalue weighted by Gasteiger charge is 2.39. The summed E-state index contributed by atoms with van der Waals surface area (Å²) in [4.78, 5) is 26.4. The van der Waals surface area contributed by atoms with Gasteiger partial charge in [-0.2, -0.15) is 0 Å². The molecular formula is C21H29NO3S. The fourth-order valence-corrected chi connectivity index (χ4v) is 3.38. The molecule has 0 aliphatic carbocycles. The fraction of sp³-hybridized carbons (Fsp3) is 0.571. The number of nitrogens with zero attached hydrogens (tertiary/aromatic N) is 1. The monoisotopic (exact) mass is 375 g/mol. The number of carbonyl (C=O) groups is 2. The predicted octanol–water partition coefficient (Wildman–Crippen LogP) is 3.96. The summed E-state index contributed by atoms with van der Waals surface area (Å²) in [5, 5.41) is 0.442. The van der Waals surface area contributed by atoms with Crippen LogP contribution in [0.3, 0.4) is 0 Å². The Kier molecular flexibility index (Phi) is 7.33. The van der Waals surface area contributed by atoms with Crippen molar-refractivity contribution in [3.05, 3.63) is 35.9 Å². The maximum absolute atomic E-state index is 12.5. The third-order valence-corrected chi connectivity index (χ3v) is 5.00. The number of Topliss-reactive ketones (excluding diaryl/α,β-unsaturated/α-hetero) is 1. The first-order chi connectivity index (χ1) is 12.3. The Hall–Kier alpha value is -1.75. The van der Waals surface area contributed by atoms with E-state index in [0.29, 0.717) is 18.2 Å². The summed E-state index contributed by atoms with van der Waals surface area (Å²) in [6.07, 6.45) is 4.58. The van der Waals surface area contributed by atoms with Crippen LogP contribution in [0.2, 0.25) is 0 Å². The molecule has 0 saturated carbocycles. The number of rotatable bonds is 7. The summed E-state index contributed by atoms with van der Waals surface area (Å²) in [6.45, 7) is 6.42. The van der Waals surface area contributed by atoms with Gasteiger partial charge < -0.3 is 9.64 Å². The zero-order chi connectivity index (χ0) is 19.2. The Labute approximate surface area is 161 Å². The minimum atomic E-state index is -0.676. The molecule has 0 spiro atoms. The first-order valence-electron chi connectivity index (χ1n) is 9.36. The Morgan fingerprint density at radius 2 is 1.88 bits per heavy atom. The van der Waals surface area contributed by atoms with Gasteiger partial charge in [0.2, 0.25) is 5.78 Å². The molecule has 2 rings (SSSR count). The quantitative estimate of drug-likeness (QED) is 0.411. The molecule has 1 aliphatic rings. The van der Waals surface area contributed by atoms with Crippen molar-refractivity contribution in [2.75, 3.05) is 13.2 Å². The van der Waals surface area contributed by atoms with Crippen molar-refractivity contribution in [2.45, 2.75) is 58.9 Å². The van der Waals surface area contributed by atoms with E-state index >= 15 is 0 Å². The number of hydrogen-bond donors (Lipinski definition) is 0. The van der Waals surface area contributed by atoms with Crippen molar-refractivity contribution in [3.63, 3.8) is 0 Å². The number of thiocarbonyl (C=S) groups is 1. The van der Waals surface area contributed by atoms with Gasteiger partial charge in [-0.3, -0.25) is 9.59 Å². The fourth-order valence-electron chi connectivity index (χ4n) is 3.05. The van der Waals surface area contributed by atoms with Gasteiger partial charge in [-0.05, 0) is 49.9 Å². The van der Waals surface area contributed by atoms with Crippen molar-refractivity contribution < 1.29 is 14.3 Å². The molecule has 4 nitrogen and oxygen atoms in total. The van der Waals surface area contributed by atoms with Gasteiger partial charge in [-0.25, -0.2) is 0 Å². The second kappa shape index (κ2) is 9.26. The molecule has 0 aromatic heterocycles. The van der Waals surface area contributed by atoms with Crippen LogP contribution in [0.1, 0.15) is 52.0 Å². The van der Waals surface area contributed by atoms with Crippen molar-refractivity contribution in [3.8, 4) is 0 Å². The second-order valence-electron chi connectivity index (χ2n) is 7.85. The largest absolute Gasteiger partial charge is 0.485 e. The molecule has 142 valence electrons. The van der Waals surface area contributed by atoms with E-state index in [-0.39, 0.29) is 11.8 Å². The minimum Gasteiger partial charge on any atom is -0.485 e. The highest BCUT2D eigenvalue weighted by Crippen LogP contribution is 2.23. The summed E-state index contributed by atoms with van der Waals surface area (Å²) >= 11 is 5.41. The summed E-state index contributed by atoms with van der Waals surface area (Å²) in [7, 11) is 0. The van der Waals surface area contributed by atoms with Crippen LogP contribution in [0.15, 0.2) is 30.3 Å². The molecule has 1 aromatic carbocycles. The molecule has 1 heterocycles. The van der Waals surface area contributed by atoms with Gasteiger partial charge in [0.25, 0.3) is 5.91 Å². The number of likely N-dealkylation sites (tertiary alicyclic amines) is 1. The van der Waals surface area contributed by atoms with E-state index in [1.165, 1.54) is 5.56 Å². The number of hydrogen-bond acceptors (Lipinski definition) is 4. The maximum atomic E-state index is 12.5. The molecule has 1 aliphatic heterocycles. The van der Waals surface area contributed by atoms with Crippen LogP contribution >= 0.6 is 12.2 Å². The molecule has 5 heteroatoms. The Balaban J connectivity index is 1.77. The van der Waals surface area contributed by atoms with Crippen LogP contribution in [0.25, 0.3) is 0 Å². The van der Waals surface area contributed by atoms with Crippen LogP contribution in [0.4, 0.5) is 0 Å². The van der Waals surface area contributed by atoms with Crippen molar-refractivity contribution in [1.29, 1.82) is 0 Å². The highest BCUT2D eigenvalue weighted by atomic mass is 32.1. The molecule has 26 heavy (non-hydrogen) atoms. The summed E-state index contributed by atoms with van der Waals surface area (Å²) < 4.78 is 5.74. The number of ketones is 1. The lowest BCUT2D eigenvalue weighted by Crippen LogP contribution is -2.47. The van der Waals surface area contributed by atoms with E-state index in [1.807, 2.05) is 18.2 Å². The van der Waals surface area contributed by atoms with Gasteiger partial charge >= 0.3 is 0 Å². The Morgan fingerprint density at radius 1 is 1.19 bits per heavy atom. The standard InChI is InChI=1S/C21H29NO3S/c1-21(2,3)18(23)19(24)22-14-9-13-17(22)20(26)25-15-8-7-12-16-10-5-4-6-11-16/h4-6,10-11,17H,7-9,12-15H2,1-3H3. The normalized spacial score (nSPS) is 17.2. The molecule has 0 bridgehead atoms. The van der Waals surface area contributed by atoms with Crippen LogP contribution in [0, 0.1) is 5.41 Å². The average Bonchev–Trinajstić information content (AvgIpc) is 3.10. The molecule has 1 aromatic rings. The van der Waals surface area contributed by atoms with Gasteiger partial charge in [-0.15, -0.1) is 0 Å². The highest BCUT2D eigenvalue weighted by molar-refractivity contribution is 7.80. The predicted molar refractivity (Wildman–Crippen MR) is 107 cm³/mol. The van der Waals surface area contributed by atoms with Crippen LogP contribution in [0.5, 0.6) is 0 Å². The minimum absolute atomic E-state index is 0.252. The molecule has 1 amide bonds. The smallest absolute Gasteiger partial charge is 0.291 e. The number of aryl methyl sites for hydroxylation is 1. The van der Waals surface area contributed by atoms with E-state index in [9.17, 15) is 9.59 Å². The number of carbonyl (C=O) groups excluding carboxylic acids is 2. The first kappa shape index (κ1) is 20.6. The van der Waals surface area contributed by atoms with Crippen LogP contribution in [-0.2, 0) is 20.7 Å². The first-order valence-corrected chi connectivity index (χ1v) is 9.77. The van der Waals surface area contributed by atoms with Crippen LogP contribution in [-0.4, -0.2) is 40.8 Å². The third-order valence-electron chi connectivity index (χ3n) is 4.61. The van der Waals surface area contributed by atoms with Crippen molar-refractivity contribution in [2.24, 2.45) is 5.41 Å². The zero-order valence-corrected chi connectivity index (χ0v) is 16.8.